The van der Waals surface area contributed by atoms with Gasteiger partial charge in [0.1, 0.15) is 13.2 Å². The number of esters is 3. The maximum atomic E-state index is 12.9. The Morgan fingerprint density at radius 1 is 0.280 bits per heavy atom. The molecule has 424 valence electrons. The van der Waals surface area contributed by atoms with Crippen molar-refractivity contribution >= 4 is 17.9 Å². The van der Waals surface area contributed by atoms with E-state index in [0.29, 0.717) is 12.8 Å². The van der Waals surface area contributed by atoms with Crippen molar-refractivity contribution < 1.29 is 28.6 Å². The van der Waals surface area contributed by atoms with Crippen LogP contribution in [0.25, 0.3) is 0 Å². The van der Waals surface area contributed by atoms with E-state index in [1.54, 1.807) is 0 Å². The molecule has 0 aliphatic rings. The van der Waals surface area contributed by atoms with Crippen LogP contribution in [0.5, 0.6) is 0 Å². The van der Waals surface area contributed by atoms with Gasteiger partial charge in [-0.15, -0.1) is 0 Å². The lowest BCUT2D eigenvalue weighted by Gasteiger charge is -2.18. The fraction of sp³-hybridized carbons (Fsp3) is 0.638. The molecule has 0 aliphatic carbocycles. The van der Waals surface area contributed by atoms with E-state index in [2.05, 4.69) is 148 Å². The zero-order valence-electron chi connectivity index (χ0n) is 48.5. The Labute approximate surface area is 462 Å². The average Bonchev–Trinajstić information content (AvgIpc) is 3.41. The molecule has 0 unspecified atom stereocenters. The van der Waals surface area contributed by atoms with E-state index in [9.17, 15) is 14.4 Å². The zero-order valence-corrected chi connectivity index (χ0v) is 48.5. The second kappa shape index (κ2) is 62.1. The summed E-state index contributed by atoms with van der Waals surface area (Å²) in [6.45, 7) is 6.33. The van der Waals surface area contributed by atoms with E-state index in [1.165, 1.54) is 103 Å². The molecular weight excluding hydrogens is 925 g/mol. The maximum absolute atomic E-state index is 12.9. The molecule has 0 radical (unpaired) electrons. The first-order chi connectivity index (χ1) is 37.0. The Balaban J connectivity index is 4.52. The summed E-state index contributed by atoms with van der Waals surface area (Å²) < 4.78 is 16.8. The second-order valence-corrected chi connectivity index (χ2v) is 19.8. The zero-order chi connectivity index (χ0) is 54.3. The van der Waals surface area contributed by atoms with Gasteiger partial charge in [0.15, 0.2) is 6.10 Å². The summed E-state index contributed by atoms with van der Waals surface area (Å²) in [5.41, 5.74) is 0. The molecule has 0 aromatic rings. The molecule has 0 heterocycles. The summed E-state index contributed by atoms with van der Waals surface area (Å²) in [5.74, 6) is -1.03. The molecule has 0 rings (SSSR count). The van der Waals surface area contributed by atoms with Gasteiger partial charge in [-0.25, -0.2) is 0 Å². The maximum Gasteiger partial charge on any atom is 0.306 e. The fourth-order valence-electron chi connectivity index (χ4n) is 8.10. The van der Waals surface area contributed by atoms with Crippen LogP contribution in [0.3, 0.4) is 0 Å². The highest BCUT2D eigenvalue weighted by Crippen LogP contribution is 2.15. The van der Waals surface area contributed by atoms with Gasteiger partial charge in [0.05, 0.1) is 0 Å². The normalized spacial score (nSPS) is 13.1. The van der Waals surface area contributed by atoms with E-state index in [-0.39, 0.29) is 44.0 Å². The third-order valence-corrected chi connectivity index (χ3v) is 12.6. The summed E-state index contributed by atoms with van der Waals surface area (Å²) in [6.07, 6.45) is 87.5. The van der Waals surface area contributed by atoms with E-state index >= 15 is 0 Å². The Bertz CT molecular complexity index is 1620. The highest BCUT2D eigenvalue weighted by atomic mass is 16.6. The van der Waals surface area contributed by atoms with Crippen LogP contribution >= 0.6 is 0 Å². The largest absolute Gasteiger partial charge is 0.462 e. The Hall–Kier alpha value is -4.45. The smallest absolute Gasteiger partial charge is 0.306 e. The number of ether oxygens (including phenoxy) is 3. The summed E-state index contributed by atoms with van der Waals surface area (Å²) in [6, 6.07) is 0. The number of allylic oxidation sites excluding steroid dienone is 22. The molecule has 0 fully saturated rings. The molecule has 0 spiro atoms. The van der Waals surface area contributed by atoms with Gasteiger partial charge >= 0.3 is 17.9 Å². The first kappa shape index (κ1) is 70.5. The fourth-order valence-corrected chi connectivity index (χ4v) is 8.10. The summed E-state index contributed by atoms with van der Waals surface area (Å²) in [7, 11) is 0. The molecule has 0 aliphatic heterocycles. The van der Waals surface area contributed by atoms with Gasteiger partial charge in [0.25, 0.3) is 0 Å². The minimum atomic E-state index is -0.828. The first-order valence-electron chi connectivity index (χ1n) is 30.7. The lowest BCUT2D eigenvalue weighted by atomic mass is 10.0. The van der Waals surface area contributed by atoms with Crippen molar-refractivity contribution in [2.24, 2.45) is 0 Å². The number of rotatable bonds is 54. The number of hydrogen-bond acceptors (Lipinski definition) is 6. The van der Waals surface area contributed by atoms with Crippen LogP contribution in [0.4, 0.5) is 0 Å². The Morgan fingerprint density at radius 2 is 0.547 bits per heavy atom. The highest BCUT2D eigenvalue weighted by molar-refractivity contribution is 5.71. The SMILES string of the molecule is CC/C=C\C/C=C\C/C=C\C/C=C\C/C=C\C/C=C\CCC(=O)OC[C@H](COC(=O)CCCCCCCCCCCCC/C=C\CCCCCCCC)OC(=O)CCCCCC/C=C\C/C=C\C/C=C\C/C=C\CC. The standard InChI is InChI=1S/C69H112O6/c1-4-7-10-13-16-19-22-25-28-31-33-34-36-39-41-44-47-50-53-56-59-62-68(71)74-65-66(75-69(72)63-60-57-54-51-48-45-42-37-30-27-24-21-18-15-12-9-6-3)64-73-67(70)61-58-55-52-49-46-43-40-38-35-32-29-26-23-20-17-14-11-8-5-2/h8-9,11-12,17-18,20-21,25-30,35,38,42-43,45-46,52,55,66H,4-7,10,13-16,19,22-24,31-34,36-37,39-41,44,47-51,53-54,56-65H2,1-3H3/b11-8-,12-9-,20-17-,21-18-,28-25-,29-26-,30-27-,38-35-,45-42-,46-43-,55-52-/t66-/m1/s1. The van der Waals surface area contributed by atoms with Crippen molar-refractivity contribution in [3.8, 4) is 0 Å². The Morgan fingerprint density at radius 3 is 0.907 bits per heavy atom. The van der Waals surface area contributed by atoms with Crippen LogP contribution in [-0.2, 0) is 28.6 Å². The lowest BCUT2D eigenvalue weighted by Crippen LogP contribution is -2.30. The van der Waals surface area contributed by atoms with E-state index in [0.717, 1.165) is 116 Å². The number of carbonyl (C=O) groups excluding carboxylic acids is 3. The molecule has 1 atom stereocenters. The molecular formula is C69H112O6. The topological polar surface area (TPSA) is 78.9 Å². The third kappa shape index (κ3) is 60.3. The minimum Gasteiger partial charge on any atom is -0.462 e. The molecule has 0 bridgehead atoms. The first-order valence-corrected chi connectivity index (χ1v) is 30.7. The third-order valence-electron chi connectivity index (χ3n) is 12.6. The van der Waals surface area contributed by atoms with Crippen LogP contribution in [0.15, 0.2) is 134 Å². The van der Waals surface area contributed by atoms with Gasteiger partial charge in [0, 0.05) is 19.3 Å². The van der Waals surface area contributed by atoms with Crippen molar-refractivity contribution in [2.45, 2.75) is 271 Å². The minimum absolute atomic E-state index is 0.115. The van der Waals surface area contributed by atoms with Crippen molar-refractivity contribution in [1.82, 2.24) is 0 Å². The molecule has 75 heavy (non-hydrogen) atoms. The Kier molecular flexibility index (Phi) is 58.4. The molecule has 0 amide bonds. The molecule has 0 aromatic carbocycles. The van der Waals surface area contributed by atoms with Gasteiger partial charge in [-0.2, -0.15) is 0 Å². The quantitative estimate of drug-likeness (QED) is 0.0261. The van der Waals surface area contributed by atoms with Crippen LogP contribution < -0.4 is 0 Å². The highest BCUT2D eigenvalue weighted by Gasteiger charge is 2.19. The van der Waals surface area contributed by atoms with Crippen LogP contribution in [-0.4, -0.2) is 37.2 Å². The van der Waals surface area contributed by atoms with Gasteiger partial charge in [0.2, 0.25) is 0 Å². The number of hydrogen-bond donors (Lipinski definition) is 0. The lowest BCUT2D eigenvalue weighted by molar-refractivity contribution is -0.166. The molecule has 0 aromatic heterocycles. The van der Waals surface area contributed by atoms with Crippen LogP contribution in [0, 0.1) is 0 Å². The van der Waals surface area contributed by atoms with Crippen molar-refractivity contribution in [1.29, 1.82) is 0 Å². The van der Waals surface area contributed by atoms with Crippen molar-refractivity contribution in [3.63, 3.8) is 0 Å². The average molecular weight is 1040 g/mol. The molecule has 0 saturated carbocycles. The molecule has 6 nitrogen and oxygen atoms in total. The van der Waals surface area contributed by atoms with Crippen LogP contribution in [0.1, 0.15) is 265 Å². The number of unbranched alkanes of at least 4 members (excludes halogenated alkanes) is 21. The van der Waals surface area contributed by atoms with Crippen molar-refractivity contribution in [3.05, 3.63) is 134 Å². The monoisotopic (exact) mass is 1040 g/mol. The van der Waals surface area contributed by atoms with Crippen LogP contribution in [0.2, 0.25) is 0 Å². The summed E-state index contributed by atoms with van der Waals surface area (Å²) >= 11 is 0. The second-order valence-electron chi connectivity index (χ2n) is 19.8. The molecule has 0 N–H and O–H groups in total. The van der Waals surface area contributed by atoms with Gasteiger partial charge in [-0.05, 0) is 122 Å². The van der Waals surface area contributed by atoms with E-state index in [4.69, 9.17) is 14.2 Å². The van der Waals surface area contributed by atoms with Gasteiger partial charge in [-0.3, -0.25) is 14.4 Å². The predicted molar refractivity (Wildman–Crippen MR) is 325 cm³/mol. The summed E-state index contributed by atoms with van der Waals surface area (Å²) in [4.78, 5) is 38.2. The predicted octanol–water partition coefficient (Wildman–Crippen LogP) is 21.0. The van der Waals surface area contributed by atoms with Gasteiger partial charge in [-0.1, -0.05) is 257 Å². The van der Waals surface area contributed by atoms with Crippen molar-refractivity contribution in [2.75, 3.05) is 13.2 Å². The molecule has 0 saturated heterocycles. The van der Waals surface area contributed by atoms with E-state index in [1.807, 2.05) is 6.08 Å². The number of carbonyl (C=O) groups is 3. The summed E-state index contributed by atoms with van der Waals surface area (Å²) in [5, 5.41) is 0. The van der Waals surface area contributed by atoms with E-state index < -0.39 is 6.10 Å². The van der Waals surface area contributed by atoms with Gasteiger partial charge < -0.3 is 14.2 Å². The molecule has 6 heteroatoms.